The molecule has 1 N–H and O–H groups in total. The van der Waals surface area contributed by atoms with E-state index in [0.29, 0.717) is 0 Å². The van der Waals surface area contributed by atoms with E-state index < -0.39 is 0 Å². The van der Waals surface area contributed by atoms with Gasteiger partial charge in [0.15, 0.2) is 0 Å². The fourth-order valence-electron chi connectivity index (χ4n) is 1.80. The molecule has 0 bridgehead atoms. The molecule has 0 unspecified atom stereocenters. The SMILES string of the molecule is CCN(Cc1ccncc1)c1cc(CO)ccn1. The van der Waals surface area contributed by atoms with E-state index in [2.05, 4.69) is 21.8 Å². The summed E-state index contributed by atoms with van der Waals surface area (Å²) in [7, 11) is 0. The van der Waals surface area contributed by atoms with Crippen molar-refractivity contribution < 1.29 is 5.11 Å². The summed E-state index contributed by atoms with van der Waals surface area (Å²) >= 11 is 0. The molecule has 0 spiro atoms. The van der Waals surface area contributed by atoms with Gasteiger partial charge in [-0.05, 0) is 42.3 Å². The van der Waals surface area contributed by atoms with Gasteiger partial charge < -0.3 is 10.0 Å². The van der Waals surface area contributed by atoms with E-state index in [9.17, 15) is 0 Å². The van der Waals surface area contributed by atoms with Gasteiger partial charge in [-0.25, -0.2) is 4.98 Å². The third-order valence-electron chi connectivity index (χ3n) is 2.82. The molecule has 2 aromatic heterocycles. The maximum absolute atomic E-state index is 9.15. The van der Waals surface area contributed by atoms with Crippen molar-refractivity contribution in [3.63, 3.8) is 0 Å². The van der Waals surface area contributed by atoms with Gasteiger partial charge in [0, 0.05) is 31.7 Å². The van der Waals surface area contributed by atoms with Gasteiger partial charge in [-0.15, -0.1) is 0 Å². The van der Waals surface area contributed by atoms with Crippen LogP contribution in [0.25, 0.3) is 0 Å². The highest BCUT2D eigenvalue weighted by atomic mass is 16.3. The van der Waals surface area contributed by atoms with Crippen molar-refractivity contribution in [2.45, 2.75) is 20.1 Å². The maximum atomic E-state index is 9.15. The number of hydrogen-bond acceptors (Lipinski definition) is 4. The van der Waals surface area contributed by atoms with Crippen molar-refractivity contribution in [3.8, 4) is 0 Å². The highest BCUT2D eigenvalue weighted by Crippen LogP contribution is 2.15. The zero-order chi connectivity index (χ0) is 12.8. The third kappa shape index (κ3) is 3.05. The molecule has 0 saturated carbocycles. The number of anilines is 1. The van der Waals surface area contributed by atoms with E-state index in [1.165, 1.54) is 5.56 Å². The first-order valence-electron chi connectivity index (χ1n) is 6.03. The maximum Gasteiger partial charge on any atom is 0.129 e. The van der Waals surface area contributed by atoms with Gasteiger partial charge in [0.05, 0.1) is 6.61 Å². The molecule has 0 aliphatic heterocycles. The normalized spacial score (nSPS) is 10.3. The molecule has 0 fully saturated rings. The quantitative estimate of drug-likeness (QED) is 0.872. The number of hydrogen-bond donors (Lipinski definition) is 1. The highest BCUT2D eigenvalue weighted by Gasteiger charge is 2.07. The first-order chi connectivity index (χ1) is 8.83. The minimum absolute atomic E-state index is 0.0440. The monoisotopic (exact) mass is 243 g/mol. The number of aliphatic hydroxyl groups excluding tert-OH is 1. The average Bonchev–Trinajstić information content (AvgIpc) is 2.46. The van der Waals surface area contributed by atoms with Gasteiger partial charge in [0.1, 0.15) is 5.82 Å². The number of nitrogens with zero attached hydrogens (tertiary/aromatic N) is 3. The molecule has 0 radical (unpaired) electrons. The molecule has 0 amide bonds. The van der Waals surface area contributed by atoms with Crippen molar-refractivity contribution in [2.24, 2.45) is 0 Å². The van der Waals surface area contributed by atoms with Crippen molar-refractivity contribution >= 4 is 5.82 Å². The lowest BCUT2D eigenvalue weighted by molar-refractivity contribution is 0.281. The smallest absolute Gasteiger partial charge is 0.129 e. The number of rotatable bonds is 5. The molecule has 2 aromatic rings. The molecule has 94 valence electrons. The van der Waals surface area contributed by atoms with E-state index in [1.807, 2.05) is 24.3 Å². The standard InChI is InChI=1S/C14H17N3O/c1-2-17(10-12-3-6-15-7-4-12)14-9-13(11-18)5-8-16-14/h3-9,18H,2,10-11H2,1H3. The molecule has 0 saturated heterocycles. The van der Waals surface area contributed by atoms with Crippen LogP contribution in [-0.2, 0) is 13.2 Å². The summed E-state index contributed by atoms with van der Waals surface area (Å²) in [4.78, 5) is 10.5. The van der Waals surface area contributed by atoms with Crippen LogP contribution in [0.1, 0.15) is 18.1 Å². The Labute approximate surface area is 107 Å². The Morgan fingerprint density at radius 3 is 2.50 bits per heavy atom. The molecule has 0 aliphatic carbocycles. The molecular weight excluding hydrogens is 226 g/mol. The van der Waals surface area contributed by atoms with Crippen LogP contribution in [0.2, 0.25) is 0 Å². The van der Waals surface area contributed by atoms with Crippen LogP contribution in [0.3, 0.4) is 0 Å². The second-order valence-corrected chi connectivity index (χ2v) is 4.05. The van der Waals surface area contributed by atoms with Gasteiger partial charge in [-0.2, -0.15) is 0 Å². The zero-order valence-corrected chi connectivity index (χ0v) is 10.5. The summed E-state index contributed by atoms with van der Waals surface area (Å²) in [5, 5.41) is 9.15. The highest BCUT2D eigenvalue weighted by molar-refractivity contribution is 5.41. The summed E-state index contributed by atoms with van der Waals surface area (Å²) in [6, 6.07) is 7.74. The Morgan fingerprint density at radius 2 is 1.83 bits per heavy atom. The molecule has 0 aliphatic rings. The van der Waals surface area contributed by atoms with Crippen molar-refractivity contribution in [3.05, 3.63) is 54.0 Å². The summed E-state index contributed by atoms with van der Waals surface area (Å²) in [6.45, 7) is 3.79. The van der Waals surface area contributed by atoms with Crippen LogP contribution in [-0.4, -0.2) is 21.6 Å². The first kappa shape index (κ1) is 12.5. The number of aliphatic hydroxyl groups is 1. The van der Waals surface area contributed by atoms with Crippen molar-refractivity contribution in [2.75, 3.05) is 11.4 Å². The Bertz CT molecular complexity index is 487. The predicted molar refractivity (Wildman–Crippen MR) is 71.1 cm³/mol. The van der Waals surface area contributed by atoms with Gasteiger partial charge >= 0.3 is 0 Å². The Morgan fingerprint density at radius 1 is 1.11 bits per heavy atom. The molecule has 0 atom stereocenters. The zero-order valence-electron chi connectivity index (χ0n) is 10.5. The summed E-state index contributed by atoms with van der Waals surface area (Å²) in [6.07, 6.45) is 5.32. The summed E-state index contributed by atoms with van der Waals surface area (Å²) < 4.78 is 0. The minimum atomic E-state index is 0.0440. The second-order valence-electron chi connectivity index (χ2n) is 4.05. The molecular formula is C14H17N3O. The van der Waals surface area contributed by atoms with Crippen molar-refractivity contribution in [1.82, 2.24) is 9.97 Å². The van der Waals surface area contributed by atoms with E-state index >= 15 is 0 Å². The minimum Gasteiger partial charge on any atom is -0.392 e. The fraction of sp³-hybridized carbons (Fsp3) is 0.286. The molecule has 4 heteroatoms. The van der Waals surface area contributed by atoms with Gasteiger partial charge in [-0.3, -0.25) is 4.98 Å². The topological polar surface area (TPSA) is 49.2 Å². The average molecular weight is 243 g/mol. The Balaban J connectivity index is 2.17. The van der Waals surface area contributed by atoms with Crippen LogP contribution in [0.5, 0.6) is 0 Å². The van der Waals surface area contributed by atoms with Crippen LogP contribution in [0, 0.1) is 0 Å². The Kier molecular flexibility index (Phi) is 4.25. The summed E-state index contributed by atoms with van der Waals surface area (Å²) in [5.74, 6) is 0.890. The number of pyridine rings is 2. The lowest BCUT2D eigenvalue weighted by Crippen LogP contribution is -2.23. The van der Waals surface area contributed by atoms with E-state index in [-0.39, 0.29) is 6.61 Å². The second kappa shape index (κ2) is 6.12. The molecule has 2 rings (SSSR count). The third-order valence-corrected chi connectivity index (χ3v) is 2.82. The van der Waals surface area contributed by atoms with E-state index in [1.54, 1.807) is 18.6 Å². The van der Waals surface area contributed by atoms with Gasteiger partial charge in [0.2, 0.25) is 0 Å². The molecule has 18 heavy (non-hydrogen) atoms. The molecule has 2 heterocycles. The first-order valence-corrected chi connectivity index (χ1v) is 6.03. The van der Waals surface area contributed by atoms with Crippen LogP contribution < -0.4 is 4.90 Å². The van der Waals surface area contributed by atoms with Crippen molar-refractivity contribution in [1.29, 1.82) is 0 Å². The van der Waals surface area contributed by atoms with E-state index in [4.69, 9.17) is 5.11 Å². The molecule has 4 nitrogen and oxygen atoms in total. The fourth-order valence-corrected chi connectivity index (χ4v) is 1.80. The predicted octanol–water partition coefficient (Wildman–Crippen LogP) is 2.00. The van der Waals surface area contributed by atoms with Crippen LogP contribution in [0.15, 0.2) is 42.9 Å². The van der Waals surface area contributed by atoms with E-state index in [0.717, 1.165) is 24.5 Å². The largest absolute Gasteiger partial charge is 0.392 e. The molecule has 0 aromatic carbocycles. The lowest BCUT2D eigenvalue weighted by Gasteiger charge is -2.22. The Hall–Kier alpha value is -1.94. The summed E-state index contributed by atoms with van der Waals surface area (Å²) in [5.41, 5.74) is 2.08. The van der Waals surface area contributed by atoms with Crippen LogP contribution in [0.4, 0.5) is 5.82 Å². The lowest BCUT2D eigenvalue weighted by atomic mass is 10.2. The van der Waals surface area contributed by atoms with Crippen LogP contribution >= 0.6 is 0 Å². The number of aromatic nitrogens is 2. The van der Waals surface area contributed by atoms with Gasteiger partial charge in [-0.1, -0.05) is 0 Å². The van der Waals surface area contributed by atoms with Gasteiger partial charge in [0.25, 0.3) is 0 Å².